The maximum atomic E-state index is 5.73. The highest BCUT2D eigenvalue weighted by Crippen LogP contribution is 2.11. The van der Waals surface area contributed by atoms with E-state index >= 15 is 0 Å². The average molecular weight is 329 g/mol. The number of rotatable bonds is 9. The molecule has 24 heavy (non-hydrogen) atoms. The Morgan fingerprint density at radius 3 is 2.96 bits per heavy atom. The van der Waals surface area contributed by atoms with Gasteiger partial charge in [0.15, 0.2) is 5.96 Å². The van der Waals surface area contributed by atoms with Crippen molar-refractivity contribution in [1.29, 1.82) is 0 Å². The van der Waals surface area contributed by atoms with Crippen LogP contribution in [-0.4, -0.2) is 42.0 Å². The molecule has 0 unspecified atom stereocenters. The Balaban J connectivity index is 1.67. The van der Waals surface area contributed by atoms with Gasteiger partial charge in [-0.15, -0.1) is 0 Å². The summed E-state index contributed by atoms with van der Waals surface area (Å²) in [6.45, 7) is 7.90. The van der Waals surface area contributed by atoms with Gasteiger partial charge in [-0.25, -0.2) is 0 Å². The number of aryl methyl sites for hydroxylation is 2. The van der Waals surface area contributed by atoms with Gasteiger partial charge in [-0.05, 0) is 44.0 Å². The number of benzene rings is 1. The molecule has 2 aromatic rings. The van der Waals surface area contributed by atoms with Gasteiger partial charge in [0.1, 0.15) is 12.4 Å². The lowest BCUT2D eigenvalue weighted by atomic mass is 10.2. The normalized spacial score (nSPS) is 11.3. The van der Waals surface area contributed by atoms with Crippen LogP contribution < -0.4 is 15.4 Å². The number of hydrogen-bond donors (Lipinski definition) is 2. The monoisotopic (exact) mass is 329 g/mol. The first-order valence-electron chi connectivity index (χ1n) is 8.47. The van der Waals surface area contributed by atoms with Crippen molar-refractivity contribution < 1.29 is 4.74 Å². The maximum Gasteiger partial charge on any atom is 0.191 e. The van der Waals surface area contributed by atoms with Gasteiger partial charge in [-0.3, -0.25) is 9.67 Å². The van der Waals surface area contributed by atoms with Crippen LogP contribution in [-0.2, 0) is 6.54 Å². The standard InChI is InChI=1S/C18H27N5O/c1-3-19-18(20-9-5-12-23-13-6-10-22-23)21-11-14-24-17-8-4-7-16(2)15-17/h4,6-8,10,13,15H,3,5,9,11-12,14H2,1-2H3,(H2,19,20,21). The van der Waals surface area contributed by atoms with E-state index in [9.17, 15) is 0 Å². The summed E-state index contributed by atoms with van der Waals surface area (Å²) in [5.41, 5.74) is 1.20. The molecule has 0 amide bonds. The van der Waals surface area contributed by atoms with Crippen molar-refractivity contribution in [2.75, 3.05) is 26.2 Å². The Bertz CT molecular complexity index is 610. The predicted molar refractivity (Wildman–Crippen MR) is 97.5 cm³/mol. The molecule has 0 atom stereocenters. The molecule has 0 aliphatic rings. The summed E-state index contributed by atoms with van der Waals surface area (Å²) in [5.74, 6) is 1.73. The molecule has 1 aromatic heterocycles. The molecule has 0 aliphatic heterocycles. The molecule has 1 heterocycles. The topological polar surface area (TPSA) is 63.5 Å². The van der Waals surface area contributed by atoms with Crippen LogP contribution >= 0.6 is 0 Å². The van der Waals surface area contributed by atoms with Gasteiger partial charge >= 0.3 is 0 Å². The van der Waals surface area contributed by atoms with Crippen LogP contribution in [0.4, 0.5) is 0 Å². The Kier molecular flexibility index (Phi) is 7.67. The van der Waals surface area contributed by atoms with E-state index in [0.717, 1.165) is 37.8 Å². The first-order chi connectivity index (χ1) is 11.8. The van der Waals surface area contributed by atoms with E-state index in [4.69, 9.17) is 4.74 Å². The van der Waals surface area contributed by atoms with E-state index in [0.29, 0.717) is 13.2 Å². The van der Waals surface area contributed by atoms with Crippen molar-refractivity contribution in [2.45, 2.75) is 26.8 Å². The number of aromatic nitrogens is 2. The zero-order chi connectivity index (χ0) is 17.0. The third-order valence-electron chi connectivity index (χ3n) is 3.37. The molecular formula is C18H27N5O. The van der Waals surface area contributed by atoms with Gasteiger partial charge in [-0.2, -0.15) is 5.10 Å². The van der Waals surface area contributed by atoms with E-state index in [-0.39, 0.29) is 0 Å². The molecule has 6 heteroatoms. The van der Waals surface area contributed by atoms with E-state index in [2.05, 4.69) is 40.6 Å². The van der Waals surface area contributed by atoms with Crippen LogP contribution in [0.3, 0.4) is 0 Å². The smallest absolute Gasteiger partial charge is 0.191 e. The zero-order valence-electron chi connectivity index (χ0n) is 14.5. The lowest BCUT2D eigenvalue weighted by Gasteiger charge is -2.12. The predicted octanol–water partition coefficient (Wildman–Crippen LogP) is 2.22. The fourth-order valence-electron chi connectivity index (χ4n) is 2.24. The number of guanidine groups is 1. The Morgan fingerprint density at radius 2 is 2.21 bits per heavy atom. The third-order valence-corrected chi connectivity index (χ3v) is 3.37. The van der Waals surface area contributed by atoms with Gasteiger partial charge in [0.25, 0.3) is 0 Å². The van der Waals surface area contributed by atoms with Crippen molar-refractivity contribution in [3.8, 4) is 5.75 Å². The molecule has 0 spiro atoms. The quantitative estimate of drug-likeness (QED) is 0.421. The molecule has 0 saturated heterocycles. The molecule has 0 fully saturated rings. The molecular weight excluding hydrogens is 302 g/mol. The molecule has 6 nitrogen and oxygen atoms in total. The van der Waals surface area contributed by atoms with Gasteiger partial charge in [0, 0.05) is 32.0 Å². The number of hydrogen-bond acceptors (Lipinski definition) is 3. The number of nitrogens with one attached hydrogen (secondary N) is 2. The highest BCUT2D eigenvalue weighted by Gasteiger charge is 1.98. The zero-order valence-corrected chi connectivity index (χ0v) is 14.5. The van der Waals surface area contributed by atoms with E-state index in [1.807, 2.05) is 35.1 Å². The van der Waals surface area contributed by atoms with Crippen molar-refractivity contribution in [3.05, 3.63) is 48.3 Å². The highest BCUT2D eigenvalue weighted by molar-refractivity contribution is 5.79. The average Bonchev–Trinajstić information content (AvgIpc) is 3.09. The molecule has 2 N–H and O–H groups in total. The second kappa shape index (κ2) is 10.3. The van der Waals surface area contributed by atoms with Crippen LogP contribution in [0, 0.1) is 6.92 Å². The van der Waals surface area contributed by atoms with Gasteiger partial charge < -0.3 is 15.4 Å². The van der Waals surface area contributed by atoms with Crippen molar-refractivity contribution in [3.63, 3.8) is 0 Å². The van der Waals surface area contributed by atoms with Crippen molar-refractivity contribution in [2.24, 2.45) is 4.99 Å². The van der Waals surface area contributed by atoms with E-state index < -0.39 is 0 Å². The molecule has 130 valence electrons. The van der Waals surface area contributed by atoms with E-state index in [1.165, 1.54) is 5.56 Å². The number of ether oxygens (including phenoxy) is 1. The summed E-state index contributed by atoms with van der Waals surface area (Å²) < 4.78 is 7.66. The minimum absolute atomic E-state index is 0.598. The van der Waals surface area contributed by atoms with Crippen LogP contribution in [0.1, 0.15) is 18.9 Å². The third kappa shape index (κ3) is 6.73. The van der Waals surface area contributed by atoms with Crippen LogP contribution in [0.5, 0.6) is 5.75 Å². The van der Waals surface area contributed by atoms with Gasteiger partial charge in [0.2, 0.25) is 0 Å². The molecule has 0 bridgehead atoms. The Hall–Kier alpha value is -2.50. The number of nitrogens with zero attached hydrogens (tertiary/aromatic N) is 3. The molecule has 1 aromatic carbocycles. The largest absolute Gasteiger partial charge is 0.492 e. The second-order valence-electron chi connectivity index (χ2n) is 5.48. The summed E-state index contributed by atoms with van der Waals surface area (Å²) in [4.78, 5) is 4.57. The first-order valence-corrected chi connectivity index (χ1v) is 8.47. The second-order valence-corrected chi connectivity index (χ2v) is 5.48. The van der Waals surface area contributed by atoms with E-state index in [1.54, 1.807) is 6.20 Å². The first kappa shape index (κ1) is 17.8. The summed E-state index contributed by atoms with van der Waals surface area (Å²) >= 11 is 0. The molecule has 0 aliphatic carbocycles. The van der Waals surface area contributed by atoms with Gasteiger partial charge in [-0.1, -0.05) is 12.1 Å². The minimum atomic E-state index is 0.598. The molecule has 2 rings (SSSR count). The fraction of sp³-hybridized carbons (Fsp3) is 0.444. The summed E-state index contributed by atoms with van der Waals surface area (Å²) in [6.07, 6.45) is 4.72. The number of aliphatic imine (C=N–C) groups is 1. The van der Waals surface area contributed by atoms with Gasteiger partial charge in [0.05, 0.1) is 6.54 Å². The SMILES string of the molecule is CCNC(=NCCCn1cccn1)NCCOc1cccc(C)c1. The summed E-state index contributed by atoms with van der Waals surface area (Å²) in [5, 5.41) is 10.7. The molecule has 0 radical (unpaired) electrons. The maximum absolute atomic E-state index is 5.73. The van der Waals surface area contributed by atoms with Crippen molar-refractivity contribution >= 4 is 5.96 Å². The lowest BCUT2D eigenvalue weighted by molar-refractivity contribution is 0.321. The summed E-state index contributed by atoms with van der Waals surface area (Å²) in [6, 6.07) is 10.0. The lowest BCUT2D eigenvalue weighted by Crippen LogP contribution is -2.39. The van der Waals surface area contributed by atoms with Crippen LogP contribution in [0.15, 0.2) is 47.7 Å². The highest BCUT2D eigenvalue weighted by atomic mass is 16.5. The van der Waals surface area contributed by atoms with Crippen molar-refractivity contribution in [1.82, 2.24) is 20.4 Å². The Morgan fingerprint density at radius 1 is 1.29 bits per heavy atom. The van der Waals surface area contributed by atoms with Crippen LogP contribution in [0.2, 0.25) is 0 Å². The molecule has 0 saturated carbocycles. The van der Waals surface area contributed by atoms with Crippen LogP contribution in [0.25, 0.3) is 0 Å². The fourth-order valence-corrected chi connectivity index (χ4v) is 2.24. The minimum Gasteiger partial charge on any atom is -0.492 e. The summed E-state index contributed by atoms with van der Waals surface area (Å²) in [7, 11) is 0. The Labute approximate surface area is 143 Å².